The van der Waals surface area contributed by atoms with Crippen LogP contribution in [0.2, 0.25) is 0 Å². The average Bonchev–Trinajstić information content (AvgIpc) is 2.73. The first-order valence-corrected chi connectivity index (χ1v) is 10.1. The van der Waals surface area contributed by atoms with Crippen molar-refractivity contribution in [3.05, 3.63) is 59.9 Å². The highest BCUT2D eigenvalue weighted by molar-refractivity contribution is 7.89. The topological polar surface area (TPSA) is 103 Å². The average molecular weight is 384 g/mol. The fourth-order valence-corrected chi connectivity index (χ4v) is 4.51. The van der Waals surface area contributed by atoms with Gasteiger partial charge in [0.25, 0.3) is 0 Å². The Morgan fingerprint density at radius 3 is 2.48 bits per heavy atom. The third-order valence-electron chi connectivity index (χ3n) is 4.60. The molecule has 2 heterocycles. The van der Waals surface area contributed by atoms with Crippen LogP contribution in [0.15, 0.2) is 53.6 Å². The zero-order valence-electron chi connectivity index (χ0n) is 14.7. The minimum atomic E-state index is -3.51. The number of carbonyl (C=O) groups excluding carboxylic acids is 1. The molecule has 140 valence electrons. The summed E-state index contributed by atoms with van der Waals surface area (Å²) in [5, 5.41) is 11.6. The minimum Gasteiger partial charge on any atom is -0.350 e. The Hall–Kier alpha value is -2.76. The van der Waals surface area contributed by atoms with Crippen LogP contribution in [0.1, 0.15) is 24.1 Å². The number of nitrogens with zero attached hydrogens (tertiary/aromatic N) is 3. The number of hydrogen-bond acceptors (Lipinski definition) is 5. The Labute approximate surface area is 158 Å². The first kappa shape index (κ1) is 19.0. The minimum absolute atomic E-state index is 0.0991. The van der Waals surface area contributed by atoms with Crippen molar-refractivity contribution in [2.75, 3.05) is 13.1 Å². The number of aromatic nitrogens is 1. The van der Waals surface area contributed by atoms with Gasteiger partial charge in [-0.2, -0.15) is 9.57 Å². The number of amides is 1. The van der Waals surface area contributed by atoms with E-state index in [9.17, 15) is 13.2 Å². The molecule has 0 bridgehead atoms. The van der Waals surface area contributed by atoms with Crippen molar-refractivity contribution in [1.82, 2.24) is 14.6 Å². The van der Waals surface area contributed by atoms with Gasteiger partial charge in [-0.25, -0.2) is 8.42 Å². The molecule has 7 nitrogen and oxygen atoms in total. The molecule has 1 aromatic carbocycles. The third kappa shape index (κ3) is 4.51. The normalized spacial score (nSPS) is 15.8. The Balaban J connectivity index is 1.52. The van der Waals surface area contributed by atoms with Crippen LogP contribution in [0.25, 0.3) is 0 Å². The van der Waals surface area contributed by atoms with Gasteiger partial charge in [-0.05, 0) is 37.1 Å². The Morgan fingerprint density at radius 1 is 1.19 bits per heavy atom. The second-order valence-electron chi connectivity index (χ2n) is 6.36. The van der Waals surface area contributed by atoms with Gasteiger partial charge in [0.05, 0.1) is 22.7 Å². The molecule has 0 atom stereocenters. The standard InChI is InChI=1S/C19H20N4O3S/c20-12-15-6-7-17(21-13-15)14-22-19(24)16-8-10-23(11-9-16)27(25,26)18-4-2-1-3-5-18/h1-7,13,16H,8-11,14H2,(H,22,24). The molecule has 1 aliphatic heterocycles. The number of carbonyl (C=O) groups is 1. The van der Waals surface area contributed by atoms with Gasteiger partial charge < -0.3 is 5.32 Å². The van der Waals surface area contributed by atoms with Gasteiger partial charge in [0.15, 0.2) is 0 Å². The highest BCUT2D eigenvalue weighted by Gasteiger charge is 2.31. The van der Waals surface area contributed by atoms with Crippen LogP contribution in [0.4, 0.5) is 0 Å². The lowest BCUT2D eigenvalue weighted by Crippen LogP contribution is -2.42. The van der Waals surface area contributed by atoms with Crippen LogP contribution >= 0.6 is 0 Å². The summed E-state index contributed by atoms with van der Waals surface area (Å²) < 4.78 is 26.7. The molecule has 2 aromatic rings. The summed E-state index contributed by atoms with van der Waals surface area (Å²) in [6, 6.07) is 13.7. The number of nitriles is 1. The second-order valence-corrected chi connectivity index (χ2v) is 8.30. The fourth-order valence-electron chi connectivity index (χ4n) is 3.02. The number of rotatable bonds is 5. The number of hydrogen-bond donors (Lipinski definition) is 1. The Morgan fingerprint density at radius 2 is 1.89 bits per heavy atom. The Bertz CT molecular complexity index is 929. The molecule has 0 radical (unpaired) electrons. The molecule has 0 saturated carbocycles. The van der Waals surface area contributed by atoms with E-state index >= 15 is 0 Å². The summed E-state index contributed by atoms with van der Waals surface area (Å²) in [5.74, 6) is -0.316. The molecule has 0 spiro atoms. The number of piperidine rings is 1. The van der Waals surface area contributed by atoms with Gasteiger partial charge in [-0.15, -0.1) is 0 Å². The second kappa shape index (κ2) is 8.29. The predicted octanol–water partition coefficient (Wildman–Crippen LogP) is 1.67. The van der Waals surface area contributed by atoms with Crippen LogP contribution < -0.4 is 5.32 Å². The predicted molar refractivity (Wildman–Crippen MR) is 98.7 cm³/mol. The van der Waals surface area contributed by atoms with E-state index < -0.39 is 10.0 Å². The van der Waals surface area contributed by atoms with E-state index in [0.29, 0.717) is 37.2 Å². The maximum atomic E-state index is 12.6. The molecular weight excluding hydrogens is 364 g/mol. The number of nitrogens with one attached hydrogen (secondary N) is 1. The highest BCUT2D eigenvalue weighted by Crippen LogP contribution is 2.23. The highest BCUT2D eigenvalue weighted by atomic mass is 32.2. The monoisotopic (exact) mass is 384 g/mol. The van der Waals surface area contributed by atoms with Crippen molar-refractivity contribution < 1.29 is 13.2 Å². The molecule has 8 heteroatoms. The number of pyridine rings is 1. The van der Waals surface area contributed by atoms with Gasteiger partial charge in [-0.3, -0.25) is 9.78 Å². The maximum absolute atomic E-state index is 12.6. The Kier molecular flexibility index (Phi) is 5.84. The summed E-state index contributed by atoms with van der Waals surface area (Å²) in [5.41, 5.74) is 1.14. The number of sulfonamides is 1. The van der Waals surface area contributed by atoms with Crippen LogP contribution in [-0.4, -0.2) is 36.7 Å². The first-order valence-electron chi connectivity index (χ1n) is 8.68. The summed E-state index contributed by atoms with van der Waals surface area (Å²) in [6.45, 7) is 0.932. The summed E-state index contributed by atoms with van der Waals surface area (Å²) in [7, 11) is -3.51. The summed E-state index contributed by atoms with van der Waals surface area (Å²) in [4.78, 5) is 16.8. The molecule has 0 aliphatic carbocycles. The molecule has 0 unspecified atom stereocenters. The largest absolute Gasteiger partial charge is 0.350 e. The van der Waals surface area contributed by atoms with Crippen LogP contribution in [-0.2, 0) is 21.4 Å². The van der Waals surface area contributed by atoms with Crippen molar-refractivity contribution in [2.45, 2.75) is 24.3 Å². The smallest absolute Gasteiger partial charge is 0.243 e. The molecular formula is C19H20N4O3S. The van der Waals surface area contributed by atoms with Gasteiger partial charge in [-0.1, -0.05) is 18.2 Å². The maximum Gasteiger partial charge on any atom is 0.243 e. The van der Waals surface area contributed by atoms with Crippen molar-refractivity contribution in [2.24, 2.45) is 5.92 Å². The van der Waals surface area contributed by atoms with E-state index in [0.717, 1.165) is 0 Å². The van der Waals surface area contributed by atoms with Crippen LogP contribution in [0.3, 0.4) is 0 Å². The number of benzene rings is 1. The summed E-state index contributed by atoms with van der Waals surface area (Å²) >= 11 is 0. The van der Waals surface area contributed by atoms with Crippen molar-refractivity contribution in [1.29, 1.82) is 5.26 Å². The molecule has 1 saturated heterocycles. The zero-order valence-corrected chi connectivity index (χ0v) is 15.5. The lowest BCUT2D eigenvalue weighted by Gasteiger charge is -2.30. The molecule has 27 heavy (non-hydrogen) atoms. The lowest BCUT2D eigenvalue weighted by atomic mass is 9.97. The lowest BCUT2D eigenvalue weighted by molar-refractivity contribution is -0.126. The van der Waals surface area contributed by atoms with Gasteiger partial charge in [0, 0.05) is 25.2 Å². The third-order valence-corrected chi connectivity index (χ3v) is 6.52. The quantitative estimate of drug-likeness (QED) is 0.845. The SMILES string of the molecule is N#Cc1ccc(CNC(=O)C2CCN(S(=O)(=O)c3ccccc3)CC2)nc1. The van der Waals surface area contributed by atoms with Gasteiger partial charge >= 0.3 is 0 Å². The molecule has 1 N–H and O–H groups in total. The van der Waals surface area contributed by atoms with E-state index in [2.05, 4.69) is 10.3 Å². The van der Waals surface area contributed by atoms with Crippen molar-refractivity contribution in [3.63, 3.8) is 0 Å². The van der Waals surface area contributed by atoms with Crippen molar-refractivity contribution in [3.8, 4) is 6.07 Å². The first-order chi connectivity index (χ1) is 13.0. The molecule has 1 aromatic heterocycles. The van der Waals surface area contributed by atoms with E-state index in [1.807, 2.05) is 6.07 Å². The summed E-state index contributed by atoms with van der Waals surface area (Å²) in [6.07, 6.45) is 2.44. The van der Waals surface area contributed by atoms with Crippen LogP contribution in [0, 0.1) is 17.2 Å². The van der Waals surface area contributed by atoms with Crippen LogP contribution in [0.5, 0.6) is 0 Å². The molecule has 3 rings (SSSR count). The van der Waals surface area contributed by atoms with E-state index in [-0.39, 0.29) is 23.3 Å². The van der Waals surface area contributed by atoms with Gasteiger partial charge in [0.2, 0.25) is 15.9 Å². The van der Waals surface area contributed by atoms with Crippen molar-refractivity contribution >= 4 is 15.9 Å². The molecule has 1 aliphatic rings. The van der Waals surface area contributed by atoms with Gasteiger partial charge in [0.1, 0.15) is 6.07 Å². The van der Waals surface area contributed by atoms with E-state index in [4.69, 9.17) is 5.26 Å². The fraction of sp³-hybridized carbons (Fsp3) is 0.316. The molecule has 1 amide bonds. The zero-order chi connectivity index (χ0) is 19.3. The van der Waals surface area contributed by atoms with E-state index in [1.165, 1.54) is 10.5 Å². The van der Waals surface area contributed by atoms with E-state index in [1.54, 1.807) is 42.5 Å². The molecule has 1 fully saturated rings.